The molecule has 2 aromatic rings. The number of nitrogens with zero attached hydrogens (tertiary/aromatic N) is 1. The highest BCUT2D eigenvalue weighted by Gasteiger charge is 2.16. The molecule has 0 radical (unpaired) electrons. The summed E-state index contributed by atoms with van der Waals surface area (Å²) < 4.78 is 0. The number of hydrogen-bond donors (Lipinski definition) is 2. The van der Waals surface area contributed by atoms with Crippen LogP contribution in [0, 0.1) is 0 Å². The third-order valence-electron chi connectivity index (χ3n) is 3.41. The first-order valence-electron chi connectivity index (χ1n) is 7.55. The molecule has 0 aromatic heterocycles. The van der Waals surface area contributed by atoms with E-state index in [0.717, 1.165) is 16.1 Å². The van der Waals surface area contributed by atoms with Crippen LogP contribution in [0.2, 0.25) is 0 Å². The van der Waals surface area contributed by atoms with Gasteiger partial charge in [0.1, 0.15) is 0 Å². The Bertz CT molecular complexity index is 705. The number of hydrogen-bond acceptors (Lipinski definition) is 4. The number of carbonyl (C=O) groups excluding carboxylic acids is 2. The van der Waals surface area contributed by atoms with Crippen LogP contribution in [0.5, 0.6) is 0 Å². The van der Waals surface area contributed by atoms with Crippen LogP contribution in [0.3, 0.4) is 0 Å². The lowest BCUT2D eigenvalue weighted by molar-refractivity contribution is -0.127. The second kappa shape index (κ2) is 8.90. The Morgan fingerprint density at radius 2 is 1.50 bits per heavy atom. The van der Waals surface area contributed by atoms with Gasteiger partial charge in [0.15, 0.2) is 5.11 Å². The van der Waals surface area contributed by atoms with E-state index in [-0.39, 0.29) is 29.8 Å². The Labute approximate surface area is 146 Å². The highest BCUT2D eigenvalue weighted by molar-refractivity contribution is 7.80. The van der Waals surface area contributed by atoms with E-state index in [1.165, 1.54) is 0 Å². The van der Waals surface area contributed by atoms with Crippen molar-refractivity contribution in [2.45, 2.75) is 19.3 Å². The van der Waals surface area contributed by atoms with Gasteiger partial charge in [-0.2, -0.15) is 0 Å². The van der Waals surface area contributed by atoms with Crippen molar-refractivity contribution in [1.29, 1.82) is 0 Å². The number of aryl methyl sites for hydroxylation is 1. The molecule has 0 aliphatic carbocycles. The van der Waals surface area contributed by atoms with E-state index in [1.54, 1.807) is 0 Å². The van der Waals surface area contributed by atoms with Crippen LogP contribution in [0.1, 0.15) is 17.5 Å². The predicted molar refractivity (Wildman–Crippen MR) is 96.7 cm³/mol. The topological polar surface area (TPSA) is 75.4 Å². The first-order chi connectivity index (χ1) is 11.6. The van der Waals surface area contributed by atoms with Crippen LogP contribution in [0.25, 0.3) is 0 Å². The molecule has 0 heterocycles. The van der Waals surface area contributed by atoms with Gasteiger partial charge in [0.25, 0.3) is 0 Å². The molecule has 2 rings (SSSR count). The van der Waals surface area contributed by atoms with Gasteiger partial charge in [0.2, 0.25) is 11.8 Å². The van der Waals surface area contributed by atoms with Crippen LogP contribution in [-0.4, -0.2) is 21.9 Å². The Hall–Kier alpha value is -2.57. The standard InChI is InChI=1S/C18H19N3O2S/c19-21(17(23)12-11-14-7-3-1-4-8-14)18(24)20-16(22)13-15-9-5-2-6-10-15/h1-10H,11-13,19H2,(H,20,22,24). The van der Waals surface area contributed by atoms with Crippen molar-refractivity contribution in [2.75, 3.05) is 0 Å². The van der Waals surface area contributed by atoms with Gasteiger partial charge in [-0.25, -0.2) is 10.9 Å². The SMILES string of the molecule is NN(C(=O)CCc1ccccc1)C(=S)NC(=O)Cc1ccccc1. The molecule has 0 bridgehead atoms. The molecule has 0 aliphatic rings. The Morgan fingerprint density at radius 1 is 0.958 bits per heavy atom. The molecule has 0 unspecified atom stereocenters. The number of carbonyl (C=O) groups is 2. The second-order valence-electron chi connectivity index (χ2n) is 5.27. The summed E-state index contributed by atoms with van der Waals surface area (Å²) in [4.78, 5) is 24.0. The summed E-state index contributed by atoms with van der Waals surface area (Å²) in [6, 6.07) is 18.9. The zero-order chi connectivity index (χ0) is 17.4. The zero-order valence-electron chi connectivity index (χ0n) is 13.1. The molecule has 0 spiro atoms. The van der Waals surface area contributed by atoms with Gasteiger partial charge in [0.05, 0.1) is 6.42 Å². The lowest BCUT2D eigenvalue weighted by atomic mass is 10.1. The summed E-state index contributed by atoms with van der Waals surface area (Å²) in [6.45, 7) is 0. The van der Waals surface area contributed by atoms with E-state index in [2.05, 4.69) is 5.32 Å². The molecule has 0 fully saturated rings. The van der Waals surface area contributed by atoms with Crippen LogP contribution in [0.15, 0.2) is 60.7 Å². The average molecular weight is 341 g/mol. The summed E-state index contributed by atoms with van der Waals surface area (Å²) in [6.07, 6.45) is 0.955. The third-order valence-corrected chi connectivity index (χ3v) is 3.71. The molecule has 2 amide bonds. The number of rotatable bonds is 5. The quantitative estimate of drug-likeness (QED) is 0.377. The van der Waals surface area contributed by atoms with Crippen LogP contribution in [-0.2, 0) is 22.4 Å². The molecule has 0 saturated heterocycles. The maximum Gasteiger partial charge on any atom is 0.243 e. The first kappa shape index (κ1) is 17.8. The number of amides is 2. The van der Waals surface area contributed by atoms with Crippen LogP contribution < -0.4 is 11.2 Å². The van der Waals surface area contributed by atoms with Crippen molar-refractivity contribution in [3.63, 3.8) is 0 Å². The van der Waals surface area contributed by atoms with E-state index >= 15 is 0 Å². The van der Waals surface area contributed by atoms with Crippen molar-refractivity contribution in [3.8, 4) is 0 Å². The van der Waals surface area contributed by atoms with E-state index in [4.69, 9.17) is 18.1 Å². The van der Waals surface area contributed by atoms with E-state index in [1.807, 2.05) is 60.7 Å². The molecule has 6 heteroatoms. The molecular formula is C18H19N3O2S. The van der Waals surface area contributed by atoms with E-state index in [0.29, 0.717) is 6.42 Å². The molecule has 24 heavy (non-hydrogen) atoms. The largest absolute Gasteiger partial charge is 0.301 e. The minimum atomic E-state index is -0.344. The maximum atomic E-state index is 12.1. The Kier molecular flexibility index (Phi) is 6.60. The Morgan fingerprint density at radius 3 is 2.08 bits per heavy atom. The van der Waals surface area contributed by atoms with Crippen molar-refractivity contribution in [2.24, 2.45) is 5.84 Å². The zero-order valence-corrected chi connectivity index (χ0v) is 14.0. The molecular weight excluding hydrogens is 322 g/mol. The van der Waals surface area contributed by atoms with E-state index < -0.39 is 0 Å². The number of nitrogens with one attached hydrogen (secondary N) is 1. The first-order valence-corrected chi connectivity index (χ1v) is 7.96. The van der Waals surface area contributed by atoms with E-state index in [9.17, 15) is 9.59 Å². The summed E-state index contributed by atoms with van der Waals surface area (Å²) in [7, 11) is 0. The van der Waals surface area contributed by atoms with Crippen molar-refractivity contribution >= 4 is 29.1 Å². The van der Waals surface area contributed by atoms with Gasteiger partial charge < -0.3 is 5.32 Å². The number of benzene rings is 2. The monoisotopic (exact) mass is 341 g/mol. The smallest absolute Gasteiger partial charge is 0.243 e. The van der Waals surface area contributed by atoms with Gasteiger partial charge >= 0.3 is 0 Å². The molecule has 0 saturated carbocycles. The van der Waals surface area contributed by atoms with Gasteiger partial charge in [-0.05, 0) is 29.8 Å². The molecule has 0 atom stereocenters. The van der Waals surface area contributed by atoms with Gasteiger partial charge in [0, 0.05) is 6.42 Å². The number of thiocarbonyl (C=S) groups is 1. The normalized spacial score (nSPS) is 10.0. The fourth-order valence-corrected chi connectivity index (χ4v) is 2.35. The molecule has 5 nitrogen and oxygen atoms in total. The highest BCUT2D eigenvalue weighted by atomic mass is 32.1. The highest BCUT2D eigenvalue weighted by Crippen LogP contribution is 2.04. The predicted octanol–water partition coefficient (Wildman–Crippen LogP) is 1.97. The number of hydrazine groups is 1. The maximum absolute atomic E-state index is 12.1. The van der Waals surface area contributed by atoms with Crippen LogP contribution >= 0.6 is 12.2 Å². The molecule has 124 valence electrons. The second-order valence-corrected chi connectivity index (χ2v) is 5.65. The third kappa shape index (κ3) is 5.57. The fourth-order valence-electron chi connectivity index (χ4n) is 2.13. The molecule has 3 N–H and O–H groups in total. The lowest BCUT2D eigenvalue weighted by Gasteiger charge is -2.18. The summed E-state index contributed by atoms with van der Waals surface area (Å²) in [5.41, 5.74) is 1.90. The van der Waals surface area contributed by atoms with Gasteiger partial charge in [-0.1, -0.05) is 60.7 Å². The minimum Gasteiger partial charge on any atom is -0.301 e. The van der Waals surface area contributed by atoms with Crippen LogP contribution in [0.4, 0.5) is 0 Å². The average Bonchev–Trinajstić information content (AvgIpc) is 2.60. The summed E-state index contributed by atoms with van der Waals surface area (Å²) in [5, 5.41) is 3.21. The van der Waals surface area contributed by atoms with Gasteiger partial charge in [-0.3, -0.25) is 9.59 Å². The minimum absolute atomic E-state index is 0.0889. The fraction of sp³-hybridized carbons (Fsp3) is 0.167. The van der Waals surface area contributed by atoms with Crippen molar-refractivity contribution < 1.29 is 9.59 Å². The summed E-state index contributed by atoms with van der Waals surface area (Å²) in [5.74, 6) is 5.04. The number of nitrogens with two attached hydrogens (primary N) is 1. The van der Waals surface area contributed by atoms with Gasteiger partial charge in [-0.15, -0.1) is 0 Å². The van der Waals surface area contributed by atoms with Crippen molar-refractivity contribution in [1.82, 2.24) is 10.3 Å². The molecule has 2 aromatic carbocycles. The summed E-state index contributed by atoms with van der Waals surface area (Å²) >= 11 is 5.02. The lowest BCUT2D eigenvalue weighted by Crippen LogP contribution is -2.50. The molecule has 0 aliphatic heterocycles. The Balaban J connectivity index is 1.80. The van der Waals surface area contributed by atoms with Crippen molar-refractivity contribution in [3.05, 3.63) is 71.8 Å².